The second kappa shape index (κ2) is 10.7. The molecule has 194 valence electrons. The molecule has 0 atom stereocenters. The molecular weight excluding hydrogens is 477 g/mol. The highest BCUT2D eigenvalue weighted by Gasteiger charge is 2.29. The number of fused-ring (bicyclic) bond motifs is 1. The Morgan fingerprint density at radius 2 is 1.78 bits per heavy atom. The van der Waals surface area contributed by atoms with E-state index in [1.165, 1.54) is 25.4 Å². The maximum atomic E-state index is 13.5. The molecule has 4 heterocycles. The van der Waals surface area contributed by atoms with Gasteiger partial charge in [-0.15, -0.1) is 0 Å². The van der Waals surface area contributed by atoms with Crippen molar-refractivity contribution in [2.75, 3.05) is 33.3 Å². The van der Waals surface area contributed by atoms with Crippen LogP contribution in [-0.2, 0) is 11.2 Å². The molecule has 0 radical (unpaired) electrons. The Morgan fingerprint density at radius 3 is 2.46 bits per heavy atom. The number of H-pyrrole nitrogens is 1. The molecule has 2 N–H and O–H groups in total. The number of benzene rings is 1. The van der Waals surface area contributed by atoms with Crippen LogP contribution in [0.4, 0.5) is 4.39 Å². The van der Waals surface area contributed by atoms with Crippen molar-refractivity contribution in [3.8, 4) is 5.88 Å². The number of nitrogens with zero attached hydrogens (tertiary/aromatic N) is 3. The number of methoxy groups -OCH3 is 1. The van der Waals surface area contributed by atoms with E-state index in [-0.39, 0.29) is 28.7 Å². The molecule has 0 bridgehead atoms. The molecule has 1 aromatic carbocycles. The molecule has 0 saturated carbocycles. The summed E-state index contributed by atoms with van der Waals surface area (Å²) in [7, 11) is 1.44. The number of ether oxygens (including phenoxy) is 1. The maximum absolute atomic E-state index is 13.5. The van der Waals surface area contributed by atoms with Crippen molar-refractivity contribution in [1.29, 1.82) is 0 Å². The summed E-state index contributed by atoms with van der Waals surface area (Å²) in [5, 5.41) is 2.14. The van der Waals surface area contributed by atoms with Crippen molar-refractivity contribution < 1.29 is 23.5 Å². The number of amides is 2. The zero-order valence-corrected chi connectivity index (χ0v) is 20.8. The first-order chi connectivity index (χ1) is 17.9. The number of likely N-dealkylation sites (tertiary alicyclic amines) is 1. The molecule has 3 aromatic rings. The lowest BCUT2D eigenvalue weighted by Gasteiger charge is -2.32. The van der Waals surface area contributed by atoms with Gasteiger partial charge in [-0.1, -0.05) is 12.1 Å². The highest BCUT2D eigenvalue weighted by atomic mass is 19.1. The van der Waals surface area contributed by atoms with Crippen molar-refractivity contribution in [3.05, 3.63) is 59.0 Å². The van der Waals surface area contributed by atoms with Crippen LogP contribution in [0.15, 0.2) is 36.5 Å². The second-order valence-electron chi connectivity index (χ2n) is 9.67. The number of aromatic nitrogens is 2. The summed E-state index contributed by atoms with van der Waals surface area (Å²) in [5.74, 6) is -1.32. The highest BCUT2D eigenvalue weighted by Crippen LogP contribution is 2.28. The molecule has 2 aliphatic rings. The van der Waals surface area contributed by atoms with Crippen LogP contribution < -0.4 is 10.2 Å². The number of nitrogens with one attached hydrogen (secondary N) is 2. The number of rotatable bonds is 7. The molecule has 0 unspecified atom stereocenters. The van der Waals surface area contributed by atoms with E-state index >= 15 is 0 Å². The Bertz CT molecular complexity index is 1310. The van der Waals surface area contributed by atoms with Crippen LogP contribution in [0.5, 0.6) is 5.88 Å². The number of Topliss-reactive ketones (excluding diaryl/α,β-unsaturated/α-hetero) is 1. The third-order valence-electron chi connectivity index (χ3n) is 7.21. The Balaban J connectivity index is 1.30. The normalized spacial score (nSPS) is 16.8. The van der Waals surface area contributed by atoms with Crippen LogP contribution in [-0.4, -0.2) is 70.8 Å². The molecular formula is C27H30FN5O4. The van der Waals surface area contributed by atoms with Gasteiger partial charge in [0.25, 0.3) is 11.7 Å². The number of ketones is 1. The second-order valence-corrected chi connectivity index (χ2v) is 9.67. The van der Waals surface area contributed by atoms with Crippen LogP contribution in [0.25, 0.3) is 11.0 Å². The summed E-state index contributed by atoms with van der Waals surface area (Å²) in [6.45, 7) is 2.57. The lowest BCUT2D eigenvalue weighted by Crippen LogP contribution is -2.43. The molecule has 0 aliphatic carbocycles. The van der Waals surface area contributed by atoms with Crippen LogP contribution in [0.3, 0.4) is 0 Å². The van der Waals surface area contributed by atoms with Gasteiger partial charge in [0.1, 0.15) is 17.0 Å². The average molecular weight is 508 g/mol. The molecule has 2 fully saturated rings. The minimum atomic E-state index is -0.713. The topological polar surface area (TPSA) is 108 Å². The van der Waals surface area contributed by atoms with E-state index in [4.69, 9.17) is 4.74 Å². The summed E-state index contributed by atoms with van der Waals surface area (Å²) < 4.78 is 18.6. The first kappa shape index (κ1) is 24.9. The molecule has 9 nitrogen and oxygen atoms in total. The minimum absolute atomic E-state index is 0.160. The van der Waals surface area contributed by atoms with Crippen molar-refractivity contribution >= 4 is 28.6 Å². The average Bonchev–Trinajstić information content (AvgIpc) is 3.58. The van der Waals surface area contributed by atoms with Gasteiger partial charge in [-0.05, 0) is 61.8 Å². The lowest BCUT2D eigenvalue weighted by molar-refractivity contribution is -0.121. The zero-order valence-electron chi connectivity index (χ0n) is 20.8. The molecule has 0 spiro atoms. The zero-order chi connectivity index (χ0) is 25.9. The fourth-order valence-corrected chi connectivity index (χ4v) is 5.14. The molecule has 2 amide bonds. The largest absolute Gasteiger partial charge is 0.480 e. The van der Waals surface area contributed by atoms with E-state index in [0.717, 1.165) is 37.7 Å². The van der Waals surface area contributed by atoms with Gasteiger partial charge >= 0.3 is 5.91 Å². The SMILES string of the molecule is COc1nc2[nH]cc(C(=O)C(=O)NN3CCCC3)c2cc1C(=O)N1CCC(Cc2ccc(F)cc2)CC1. The number of hydrogen-bond acceptors (Lipinski definition) is 6. The Labute approximate surface area is 213 Å². The minimum Gasteiger partial charge on any atom is -0.480 e. The monoisotopic (exact) mass is 507 g/mol. The van der Waals surface area contributed by atoms with E-state index in [2.05, 4.69) is 15.4 Å². The number of carbonyl (C=O) groups excluding carboxylic acids is 3. The van der Waals surface area contributed by atoms with E-state index < -0.39 is 11.7 Å². The van der Waals surface area contributed by atoms with Crippen molar-refractivity contribution in [3.63, 3.8) is 0 Å². The highest BCUT2D eigenvalue weighted by molar-refractivity contribution is 6.44. The fraction of sp³-hybridized carbons (Fsp3) is 0.407. The van der Waals surface area contributed by atoms with Crippen molar-refractivity contribution in [2.24, 2.45) is 5.92 Å². The molecule has 37 heavy (non-hydrogen) atoms. The number of pyridine rings is 1. The maximum Gasteiger partial charge on any atom is 0.306 e. The summed E-state index contributed by atoms with van der Waals surface area (Å²) in [5.41, 5.74) is 4.52. The van der Waals surface area contributed by atoms with Crippen molar-refractivity contribution in [1.82, 2.24) is 25.3 Å². The van der Waals surface area contributed by atoms with Gasteiger partial charge in [-0.25, -0.2) is 9.40 Å². The van der Waals surface area contributed by atoms with Crippen molar-refractivity contribution in [2.45, 2.75) is 32.1 Å². The van der Waals surface area contributed by atoms with Crippen LogP contribution in [0.2, 0.25) is 0 Å². The van der Waals surface area contributed by atoms with Gasteiger partial charge in [0.2, 0.25) is 5.88 Å². The molecule has 2 saturated heterocycles. The van der Waals surface area contributed by atoms with Gasteiger partial charge in [0.05, 0.1) is 12.7 Å². The summed E-state index contributed by atoms with van der Waals surface area (Å²) in [6.07, 6.45) is 5.88. The molecule has 10 heteroatoms. The van der Waals surface area contributed by atoms with E-state index in [9.17, 15) is 18.8 Å². The molecule has 2 aliphatic heterocycles. The fourth-order valence-electron chi connectivity index (χ4n) is 5.14. The standard InChI is InChI=1S/C27H30FN5O4/c1-37-26-21(27(36)32-12-8-18(9-13-32)14-17-4-6-19(28)7-5-17)15-20-22(16-29-24(20)30-26)23(34)25(35)31-33-10-2-3-11-33/h4-7,15-16,18H,2-3,8-14H2,1H3,(H,29,30)(H,31,35). The smallest absolute Gasteiger partial charge is 0.306 e. The number of carbonyl (C=O) groups is 3. The van der Waals surface area contributed by atoms with Gasteiger partial charge in [0, 0.05) is 37.8 Å². The van der Waals surface area contributed by atoms with Crippen LogP contribution >= 0.6 is 0 Å². The van der Waals surface area contributed by atoms with E-state index in [0.29, 0.717) is 43.1 Å². The van der Waals surface area contributed by atoms with E-state index in [1.54, 1.807) is 28.1 Å². The number of aromatic amines is 1. The first-order valence-corrected chi connectivity index (χ1v) is 12.6. The van der Waals surface area contributed by atoms with E-state index in [1.807, 2.05) is 0 Å². The third kappa shape index (κ3) is 5.34. The van der Waals surface area contributed by atoms with Crippen LogP contribution in [0.1, 0.15) is 52.0 Å². The number of hydrogen-bond donors (Lipinski definition) is 2. The molecule has 5 rings (SSSR count). The Hall–Kier alpha value is -3.79. The lowest BCUT2D eigenvalue weighted by atomic mass is 9.90. The summed E-state index contributed by atoms with van der Waals surface area (Å²) >= 11 is 0. The Kier molecular flexibility index (Phi) is 7.18. The van der Waals surface area contributed by atoms with Gasteiger partial charge in [0.15, 0.2) is 0 Å². The number of piperidine rings is 1. The predicted octanol–water partition coefficient (Wildman–Crippen LogP) is 3.12. The number of halogens is 1. The Morgan fingerprint density at radius 1 is 1.08 bits per heavy atom. The third-order valence-corrected chi connectivity index (χ3v) is 7.21. The van der Waals surface area contributed by atoms with Crippen LogP contribution in [0, 0.1) is 11.7 Å². The van der Waals surface area contributed by atoms with Gasteiger partial charge in [-0.2, -0.15) is 4.98 Å². The predicted molar refractivity (Wildman–Crippen MR) is 135 cm³/mol. The quantitative estimate of drug-likeness (QED) is 0.376. The first-order valence-electron chi connectivity index (χ1n) is 12.6. The number of hydrazine groups is 1. The molecule has 2 aromatic heterocycles. The van der Waals surface area contributed by atoms with Gasteiger partial charge in [-0.3, -0.25) is 19.8 Å². The summed E-state index contributed by atoms with van der Waals surface area (Å²) in [6, 6.07) is 8.14. The van der Waals surface area contributed by atoms with Gasteiger partial charge < -0.3 is 14.6 Å². The summed E-state index contributed by atoms with van der Waals surface area (Å²) in [4.78, 5) is 48.0.